The van der Waals surface area contributed by atoms with Gasteiger partial charge in [0, 0.05) is 19.3 Å². The highest BCUT2D eigenvalue weighted by atomic mass is 16.4. The van der Waals surface area contributed by atoms with E-state index in [1.165, 1.54) is 4.90 Å². The van der Waals surface area contributed by atoms with Gasteiger partial charge >= 0.3 is 5.97 Å². The third-order valence-electron chi connectivity index (χ3n) is 5.00. The molecule has 3 rings (SSSR count). The van der Waals surface area contributed by atoms with Crippen molar-refractivity contribution in [1.82, 2.24) is 20.1 Å². The number of hydrogen-bond acceptors (Lipinski definition) is 5. The third kappa shape index (κ3) is 3.20. The minimum atomic E-state index is -1.18. The Balaban J connectivity index is 1.74. The zero-order valence-corrected chi connectivity index (χ0v) is 14.6. The maximum atomic E-state index is 12.7. The average molecular weight is 358 g/mol. The number of aliphatic hydroxyl groups excluding tert-OH is 1. The molecular formula is C18H22N4O4. The lowest BCUT2D eigenvalue weighted by Gasteiger charge is -2.42. The molecule has 2 atom stereocenters. The maximum Gasteiger partial charge on any atom is 0.312 e. The molecule has 138 valence electrons. The van der Waals surface area contributed by atoms with Gasteiger partial charge < -0.3 is 15.1 Å². The number of likely N-dealkylation sites (tertiary alicyclic amines) is 1. The number of nitrogens with zero attached hydrogens (tertiary/aromatic N) is 3. The van der Waals surface area contributed by atoms with E-state index >= 15 is 0 Å². The smallest absolute Gasteiger partial charge is 0.312 e. The molecule has 0 aromatic carbocycles. The van der Waals surface area contributed by atoms with Gasteiger partial charge in [-0.1, -0.05) is 19.4 Å². The Morgan fingerprint density at radius 2 is 2.19 bits per heavy atom. The van der Waals surface area contributed by atoms with Gasteiger partial charge in [-0.3, -0.25) is 19.7 Å². The van der Waals surface area contributed by atoms with Crippen molar-refractivity contribution >= 4 is 11.9 Å². The van der Waals surface area contributed by atoms with Crippen LogP contribution in [0.2, 0.25) is 0 Å². The highest BCUT2D eigenvalue weighted by molar-refractivity contribution is 5.93. The van der Waals surface area contributed by atoms with Crippen molar-refractivity contribution in [3.05, 3.63) is 36.2 Å². The number of carbonyl (C=O) groups is 2. The van der Waals surface area contributed by atoms with Crippen LogP contribution in [0.4, 0.5) is 0 Å². The number of piperidine rings is 1. The minimum absolute atomic E-state index is 0.0108. The minimum Gasteiger partial charge on any atom is -0.481 e. The Bertz CT molecular complexity index is 791. The number of carboxylic acids is 1. The van der Waals surface area contributed by atoms with Crippen LogP contribution in [0.25, 0.3) is 11.4 Å². The summed E-state index contributed by atoms with van der Waals surface area (Å²) in [4.78, 5) is 30.1. The number of aliphatic carboxylic acids is 1. The molecule has 1 aliphatic rings. The number of amides is 1. The summed E-state index contributed by atoms with van der Waals surface area (Å²) < 4.78 is 0. The van der Waals surface area contributed by atoms with Crippen molar-refractivity contribution in [2.75, 3.05) is 13.1 Å². The van der Waals surface area contributed by atoms with E-state index < -0.39 is 17.5 Å². The molecule has 8 heteroatoms. The summed E-state index contributed by atoms with van der Waals surface area (Å²) in [6.07, 6.45) is 1.82. The monoisotopic (exact) mass is 358 g/mol. The quantitative estimate of drug-likeness (QED) is 0.746. The molecule has 8 nitrogen and oxygen atoms in total. The van der Waals surface area contributed by atoms with E-state index in [0.29, 0.717) is 24.2 Å². The van der Waals surface area contributed by atoms with E-state index in [-0.39, 0.29) is 31.1 Å². The van der Waals surface area contributed by atoms with Crippen molar-refractivity contribution in [2.24, 2.45) is 5.41 Å². The molecule has 3 heterocycles. The fraction of sp³-hybridized carbons (Fsp3) is 0.444. The lowest BCUT2D eigenvalue weighted by atomic mass is 9.73. The van der Waals surface area contributed by atoms with Crippen LogP contribution in [-0.4, -0.2) is 61.4 Å². The molecule has 0 saturated carbocycles. The first kappa shape index (κ1) is 18.1. The van der Waals surface area contributed by atoms with Crippen LogP contribution < -0.4 is 0 Å². The van der Waals surface area contributed by atoms with Crippen LogP contribution in [0, 0.1) is 5.41 Å². The second kappa shape index (κ2) is 7.25. The van der Waals surface area contributed by atoms with Gasteiger partial charge in [-0.05, 0) is 31.0 Å². The van der Waals surface area contributed by atoms with Gasteiger partial charge in [-0.15, -0.1) is 0 Å². The van der Waals surface area contributed by atoms with Gasteiger partial charge in [0.1, 0.15) is 11.4 Å². The number of hydrogen-bond donors (Lipinski definition) is 3. The predicted octanol–water partition coefficient (Wildman–Crippen LogP) is 1.55. The lowest BCUT2D eigenvalue weighted by molar-refractivity contribution is -0.162. The number of rotatable bonds is 5. The summed E-state index contributed by atoms with van der Waals surface area (Å²) in [5.74, 6) is -1.31. The number of pyridine rings is 1. The second-order valence-electron chi connectivity index (χ2n) is 6.61. The standard InChI is InChI=1S/C18H22N4O4/c1-2-6-18(17(25)26)7-9-22(11-15(18)23)16(24)14-10-13(20-21-14)12-5-3-4-8-19-12/h3-5,8,10,15,23H,2,6-7,9,11H2,1H3,(H,20,21)(H,25,26)/t15-,18+/m1/s1. The van der Waals surface area contributed by atoms with E-state index in [2.05, 4.69) is 15.2 Å². The Kier molecular flexibility index (Phi) is 5.03. The Labute approximate surface area is 150 Å². The van der Waals surface area contributed by atoms with E-state index in [1.54, 1.807) is 24.4 Å². The maximum absolute atomic E-state index is 12.7. The molecule has 2 aromatic rings. The number of carbonyl (C=O) groups excluding carboxylic acids is 1. The number of H-pyrrole nitrogens is 1. The number of aromatic amines is 1. The van der Waals surface area contributed by atoms with Crippen LogP contribution in [0.1, 0.15) is 36.7 Å². The Morgan fingerprint density at radius 1 is 1.38 bits per heavy atom. The molecule has 2 aromatic heterocycles. The SMILES string of the molecule is CCC[C@]1(C(=O)O)CCN(C(=O)c2cc(-c3ccccn3)n[nH]2)C[C@H]1O. The largest absolute Gasteiger partial charge is 0.481 e. The zero-order valence-electron chi connectivity index (χ0n) is 14.6. The number of aliphatic hydroxyl groups is 1. The van der Waals surface area contributed by atoms with E-state index in [1.807, 2.05) is 13.0 Å². The summed E-state index contributed by atoms with van der Waals surface area (Å²) in [5, 5.41) is 26.9. The van der Waals surface area contributed by atoms with Crippen LogP contribution >= 0.6 is 0 Å². The Hall–Kier alpha value is -2.74. The number of β-amino-alcohol motifs (C(OH)–C–C–N with tert-alkyl or cyclic N) is 1. The molecule has 1 saturated heterocycles. The molecule has 0 bridgehead atoms. The van der Waals surface area contributed by atoms with E-state index in [4.69, 9.17) is 0 Å². The summed E-state index contributed by atoms with van der Waals surface area (Å²) >= 11 is 0. The predicted molar refractivity (Wildman–Crippen MR) is 93.3 cm³/mol. The molecule has 1 amide bonds. The van der Waals surface area contributed by atoms with E-state index in [9.17, 15) is 19.8 Å². The van der Waals surface area contributed by atoms with Crippen LogP contribution in [0.15, 0.2) is 30.5 Å². The van der Waals surface area contributed by atoms with Crippen molar-refractivity contribution < 1.29 is 19.8 Å². The molecule has 0 radical (unpaired) electrons. The summed E-state index contributed by atoms with van der Waals surface area (Å²) in [6.45, 7) is 2.15. The molecule has 0 spiro atoms. The van der Waals surface area contributed by atoms with Gasteiger partial charge in [0.2, 0.25) is 0 Å². The highest BCUT2D eigenvalue weighted by Crippen LogP contribution is 2.37. The molecule has 0 aliphatic carbocycles. The Morgan fingerprint density at radius 3 is 2.81 bits per heavy atom. The molecule has 0 unspecified atom stereocenters. The van der Waals surface area contributed by atoms with Crippen molar-refractivity contribution in [2.45, 2.75) is 32.3 Å². The second-order valence-corrected chi connectivity index (χ2v) is 6.61. The first-order valence-electron chi connectivity index (χ1n) is 8.65. The van der Waals surface area contributed by atoms with Crippen LogP contribution in [0.5, 0.6) is 0 Å². The van der Waals surface area contributed by atoms with Gasteiger partial charge in [-0.2, -0.15) is 5.10 Å². The molecule has 1 aliphatic heterocycles. The number of carboxylic acid groups (broad SMARTS) is 1. The summed E-state index contributed by atoms with van der Waals surface area (Å²) in [6, 6.07) is 7.03. The topological polar surface area (TPSA) is 119 Å². The van der Waals surface area contributed by atoms with Gasteiger partial charge in [0.25, 0.3) is 5.91 Å². The van der Waals surface area contributed by atoms with Crippen molar-refractivity contribution in [1.29, 1.82) is 0 Å². The van der Waals surface area contributed by atoms with Crippen molar-refractivity contribution in [3.8, 4) is 11.4 Å². The van der Waals surface area contributed by atoms with Gasteiger partial charge in [-0.25, -0.2) is 0 Å². The lowest BCUT2D eigenvalue weighted by Crippen LogP contribution is -2.56. The van der Waals surface area contributed by atoms with Gasteiger partial charge in [0.15, 0.2) is 0 Å². The fourth-order valence-corrected chi connectivity index (χ4v) is 3.50. The van der Waals surface area contributed by atoms with Crippen LogP contribution in [-0.2, 0) is 4.79 Å². The van der Waals surface area contributed by atoms with Gasteiger partial charge in [0.05, 0.1) is 17.2 Å². The molecule has 26 heavy (non-hydrogen) atoms. The molecular weight excluding hydrogens is 336 g/mol. The molecule has 1 fully saturated rings. The highest BCUT2D eigenvalue weighted by Gasteiger charge is 2.48. The fourth-order valence-electron chi connectivity index (χ4n) is 3.50. The summed E-state index contributed by atoms with van der Waals surface area (Å²) in [5.41, 5.74) is 0.307. The summed E-state index contributed by atoms with van der Waals surface area (Å²) in [7, 11) is 0. The number of aromatic nitrogens is 3. The third-order valence-corrected chi connectivity index (χ3v) is 5.00. The van der Waals surface area contributed by atoms with E-state index in [0.717, 1.165) is 0 Å². The first-order chi connectivity index (χ1) is 12.5. The average Bonchev–Trinajstić information content (AvgIpc) is 3.13. The molecule has 3 N–H and O–H groups in total. The first-order valence-corrected chi connectivity index (χ1v) is 8.65. The van der Waals surface area contributed by atoms with Crippen LogP contribution in [0.3, 0.4) is 0 Å². The number of nitrogens with one attached hydrogen (secondary N) is 1. The normalized spacial score (nSPS) is 23.0. The zero-order chi connectivity index (χ0) is 18.7. The van der Waals surface area contributed by atoms with Crippen molar-refractivity contribution in [3.63, 3.8) is 0 Å².